The molecule has 0 spiro atoms. The Labute approximate surface area is 112 Å². The van der Waals surface area contributed by atoms with Gasteiger partial charge in [-0.1, -0.05) is 0 Å². The predicted octanol–water partition coefficient (Wildman–Crippen LogP) is 1.96. The molecule has 0 fully saturated rings. The van der Waals surface area contributed by atoms with Gasteiger partial charge in [0.2, 0.25) is 0 Å². The molecule has 0 unspecified atom stereocenters. The molecule has 1 aromatic carbocycles. The van der Waals surface area contributed by atoms with E-state index in [2.05, 4.69) is 4.98 Å². The van der Waals surface area contributed by atoms with Gasteiger partial charge < -0.3 is 9.47 Å². The fourth-order valence-electron chi connectivity index (χ4n) is 2.21. The van der Waals surface area contributed by atoms with E-state index in [1.165, 1.54) is 4.90 Å². The van der Waals surface area contributed by atoms with E-state index in [1.807, 2.05) is 4.57 Å². The molecule has 0 N–H and O–H groups in total. The topological polar surface area (TPSA) is 38.1 Å². The van der Waals surface area contributed by atoms with Crippen molar-refractivity contribution in [3.05, 3.63) is 53.4 Å². The zero-order chi connectivity index (χ0) is 14.3. The van der Waals surface area contributed by atoms with Crippen LogP contribution in [0, 0.1) is 17.5 Å². The number of fused-ring (bicyclic) bond motifs is 1. The number of carbonyl (C=O) groups excluding carboxylic acids is 1. The van der Waals surface area contributed by atoms with Crippen molar-refractivity contribution in [1.82, 2.24) is 14.5 Å². The Morgan fingerprint density at radius 1 is 1.15 bits per heavy atom. The minimum absolute atomic E-state index is 0.213. The van der Waals surface area contributed by atoms with Crippen molar-refractivity contribution in [3.8, 4) is 0 Å². The van der Waals surface area contributed by atoms with Crippen LogP contribution in [0.5, 0.6) is 0 Å². The fraction of sp³-hybridized carbons (Fsp3) is 0.231. The number of aromatic nitrogens is 2. The van der Waals surface area contributed by atoms with Crippen molar-refractivity contribution in [1.29, 1.82) is 0 Å². The Morgan fingerprint density at radius 3 is 2.75 bits per heavy atom. The van der Waals surface area contributed by atoms with Gasteiger partial charge in [-0.15, -0.1) is 0 Å². The van der Waals surface area contributed by atoms with Gasteiger partial charge in [0.25, 0.3) is 5.91 Å². The Kier molecular flexibility index (Phi) is 2.96. The highest BCUT2D eigenvalue weighted by Crippen LogP contribution is 2.19. The number of imidazole rings is 1. The summed E-state index contributed by atoms with van der Waals surface area (Å²) < 4.78 is 41.5. The summed E-state index contributed by atoms with van der Waals surface area (Å²) in [6, 6.07) is 1.70. The predicted molar refractivity (Wildman–Crippen MR) is 63.3 cm³/mol. The Bertz CT molecular complexity index is 683. The Morgan fingerprint density at radius 2 is 1.95 bits per heavy atom. The molecule has 2 aromatic rings. The number of nitrogens with zero attached hydrogens (tertiary/aromatic N) is 3. The number of rotatable bonds is 1. The van der Waals surface area contributed by atoms with Crippen LogP contribution >= 0.6 is 0 Å². The second kappa shape index (κ2) is 4.66. The lowest BCUT2D eigenvalue weighted by atomic mass is 10.1. The summed E-state index contributed by atoms with van der Waals surface area (Å²) in [6.45, 7) is 1.11. The van der Waals surface area contributed by atoms with Crippen molar-refractivity contribution < 1.29 is 18.0 Å². The van der Waals surface area contributed by atoms with E-state index in [0.29, 0.717) is 18.9 Å². The summed E-state index contributed by atoms with van der Waals surface area (Å²) in [5.41, 5.74) is -0.469. The van der Waals surface area contributed by atoms with E-state index in [0.717, 1.165) is 12.1 Å². The average Bonchev–Trinajstić information content (AvgIpc) is 2.91. The maximum absolute atomic E-state index is 13.6. The SMILES string of the molecule is O=C(c1ccc(F)c(F)c1F)N1CCn2ccnc2C1. The van der Waals surface area contributed by atoms with Gasteiger partial charge in [0.1, 0.15) is 5.82 Å². The lowest BCUT2D eigenvalue weighted by Gasteiger charge is -2.27. The van der Waals surface area contributed by atoms with Crippen LogP contribution in [0.1, 0.15) is 16.2 Å². The zero-order valence-electron chi connectivity index (χ0n) is 10.3. The highest BCUT2D eigenvalue weighted by atomic mass is 19.2. The zero-order valence-corrected chi connectivity index (χ0v) is 10.3. The van der Waals surface area contributed by atoms with Crippen LogP contribution in [-0.4, -0.2) is 26.9 Å². The van der Waals surface area contributed by atoms with Crippen LogP contribution < -0.4 is 0 Å². The number of amides is 1. The van der Waals surface area contributed by atoms with Crippen molar-refractivity contribution in [2.75, 3.05) is 6.54 Å². The van der Waals surface area contributed by atoms with E-state index < -0.39 is 28.9 Å². The highest BCUT2D eigenvalue weighted by Gasteiger charge is 2.26. The minimum Gasteiger partial charge on any atom is -0.332 e. The summed E-state index contributed by atoms with van der Waals surface area (Å²) in [6.07, 6.45) is 3.40. The quantitative estimate of drug-likeness (QED) is 0.749. The molecule has 2 heterocycles. The maximum atomic E-state index is 13.6. The Balaban J connectivity index is 1.89. The molecule has 0 aliphatic carbocycles. The van der Waals surface area contributed by atoms with Crippen LogP contribution in [0.4, 0.5) is 13.2 Å². The molecule has 1 aliphatic rings. The van der Waals surface area contributed by atoms with E-state index in [4.69, 9.17) is 0 Å². The number of hydrogen-bond acceptors (Lipinski definition) is 2. The van der Waals surface area contributed by atoms with Crippen molar-refractivity contribution in [2.45, 2.75) is 13.1 Å². The van der Waals surface area contributed by atoms with Crippen molar-refractivity contribution >= 4 is 5.91 Å². The fourth-order valence-corrected chi connectivity index (χ4v) is 2.21. The molecule has 1 aliphatic heterocycles. The van der Waals surface area contributed by atoms with Crippen molar-refractivity contribution in [2.24, 2.45) is 0 Å². The van der Waals surface area contributed by atoms with Crippen LogP contribution in [0.2, 0.25) is 0 Å². The molecule has 4 nitrogen and oxygen atoms in total. The van der Waals surface area contributed by atoms with Gasteiger partial charge in [-0.2, -0.15) is 0 Å². The molecule has 3 rings (SSSR count). The van der Waals surface area contributed by atoms with Crippen LogP contribution in [0.15, 0.2) is 24.5 Å². The van der Waals surface area contributed by atoms with Crippen LogP contribution in [0.25, 0.3) is 0 Å². The summed E-state index contributed by atoms with van der Waals surface area (Å²) in [5, 5.41) is 0. The van der Waals surface area contributed by atoms with Gasteiger partial charge in [0, 0.05) is 25.5 Å². The minimum atomic E-state index is -1.63. The molecule has 1 aromatic heterocycles. The molecule has 0 saturated heterocycles. The molecule has 104 valence electrons. The van der Waals surface area contributed by atoms with Gasteiger partial charge >= 0.3 is 0 Å². The second-order valence-corrected chi connectivity index (χ2v) is 4.49. The molecule has 0 atom stereocenters. The number of benzene rings is 1. The lowest BCUT2D eigenvalue weighted by molar-refractivity contribution is 0.0701. The molecule has 20 heavy (non-hydrogen) atoms. The molecular formula is C13H10F3N3O. The van der Waals surface area contributed by atoms with Crippen molar-refractivity contribution in [3.63, 3.8) is 0 Å². The number of carbonyl (C=O) groups is 1. The van der Waals surface area contributed by atoms with Crippen LogP contribution in [0.3, 0.4) is 0 Å². The lowest BCUT2D eigenvalue weighted by Crippen LogP contribution is -2.38. The largest absolute Gasteiger partial charge is 0.332 e. The monoisotopic (exact) mass is 281 g/mol. The summed E-state index contributed by atoms with van der Waals surface area (Å²) in [5.74, 6) is -4.39. The second-order valence-electron chi connectivity index (χ2n) is 4.49. The third-order valence-corrected chi connectivity index (χ3v) is 3.30. The first-order valence-corrected chi connectivity index (χ1v) is 6.00. The molecule has 7 heteroatoms. The van der Waals surface area contributed by atoms with E-state index in [9.17, 15) is 18.0 Å². The van der Waals surface area contributed by atoms with Gasteiger partial charge in [-0.05, 0) is 12.1 Å². The first-order chi connectivity index (χ1) is 9.58. The molecule has 1 amide bonds. The van der Waals surface area contributed by atoms with Gasteiger partial charge in [0.05, 0.1) is 12.1 Å². The maximum Gasteiger partial charge on any atom is 0.257 e. The van der Waals surface area contributed by atoms with E-state index >= 15 is 0 Å². The highest BCUT2D eigenvalue weighted by molar-refractivity contribution is 5.94. The summed E-state index contributed by atoms with van der Waals surface area (Å²) in [4.78, 5) is 17.6. The van der Waals surface area contributed by atoms with Crippen LogP contribution in [-0.2, 0) is 13.1 Å². The standard InChI is InChI=1S/C13H10F3N3O/c14-9-2-1-8(11(15)12(9)16)13(20)19-6-5-18-4-3-17-10(18)7-19/h1-4H,5-7H2. The molecule has 0 saturated carbocycles. The first-order valence-electron chi connectivity index (χ1n) is 6.00. The summed E-state index contributed by atoms with van der Waals surface area (Å²) >= 11 is 0. The van der Waals surface area contributed by atoms with E-state index in [1.54, 1.807) is 12.4 Å². The smallest absolute Gasteiger partial charge is 0.257 e. The molecule has 0 radical (unpaired) electrons. The first kappa shape index (κ1) is 12.7. The number of halogens is 3. The molecular weight excluding hydrogens is 271 g/mol. The van der Waals surface area contributed by atoms with E-state index in [-0.39, 0.29) is 6.54 Å². The average molecular weight is 281 g/mol. The van der Waals surface area contributed by atoms with Gasteiger partial charge in [-0.3, -0.25) is 4.79 Å². The normalized spacial score (nSPS) is 14.2. The third-order valence-electron chi connectivity index (χ3n) is 3.30. The van der Waals surface area contributed by atoms with Gasteiger partial charge in [0.15, 0.2) is 17.5 Å². The molecule has 0 bridgehead atoms. The summed E-state index contributed by atoms with van der Waals surface area (Å²) in [7, 11) is 0. The number of hydrogen-bond donors (Lipinski definition) is 0. The van der Waals surface area contributed by atoms with Gasteiger partial charge in [-0.25, -0.2) is 18.2 Å². The Hall–Kier alpha value is -2.31. The third kappa shape index (κ3) is 1.95.